The maximum absolute atomic E-state index is 14.7. The van der Waals surface area contributed by atoms with Gasteiger partial charge in [0.2, 0.25) is 0 Å². The molecule has 2 aromatic carbocycles. The topological polar surface area (TPSA) is 75.9 Å². The lowest BCUT2D eigenvalue weighted by molar-refractivity contribution is 0.0972. The standard InChI is InChI=1S/C25H24F2N6O/c1-15-12-20(26)23(27)19-9-11-29-24(22(15)19)33(18-4-3-10-28-13-18)25(34)17-7-5-16(6-8-17)21-14-32(2)31-30-21/h5-9,11-12,14,18,28H,3-4,10,13H2,1-2H3/t18-/m1/s1. The van der Waals surface area contributed by atoms with Crippen molar-refractivity contribution in [3.63, 3.8) is 0 Å². The molecule has 5 rings (SSSR count). The molecule has 1 saturated heterocycles. The summed E-state index contributed by atoms with van der Waals surface area (Å²) in [6, 6.07) is 9.56. The molecule has 0 aliphatic carbocycles. The number of benzene rings is 2. The van der Waals surface area contributed by atoms with Crippen molar-refractivity contribution in [2.24, 2.45) is 7.05 Å². The second kappa shape index (κ2) is 8.90. The van der Waals surface area contributed by atoms with Gasteiger partial charge in [-0.25, -0.2) is 13.8 Å². The minimum Gasteiger partial charge on any atom is -0.315 e. The zero-order valence-corrected chi connectivity index (χ0v) is 18.9. The smallest absolute Gasteiger partial charge is 0.259 e. The minimum absolute atomic E-state index is 0.113. The van der Waals surface area contributed by atoms with Crippen molar-refractivity contribution in [1.82, 2.24) is 25.3 Å². The van der Waals surface area contributed by atoms with Crippen LogP contribution in [-0.2, 0) is 7.05 Å². The van der Waals surface area contributed by atoms with Crippen LogP contribution in [0.2, 0.25) is 0 Å². The summed E-state index contributed by atoms with van der Waals surface area (Å²) in [5.74, 6) is -1.76. The monoisotopic (exact) mass is 462 g/mol. The number of carbonyl (C=O) groups excluding carboxylic acids is 1. The van der Waals surface area contributed by atoms with Gasteiger partial charge in [-0.15, -0.1) is 5.10 Å². The summed E-state index contributed by atoms with van der Waals surface area (Å²) in [5.41, 5.74) is 2.54. The number of fused-ring (bicyclic) bond motifs is 1. The summed E-state index contributed by atoms with van der Waals surface area (Å²) < 4.78 is 30.4. The first-order chi connectivity index (χ1) is 16.4. The van der Waals surface area contributed by atoms with Gasteiger partial charge in [0.15, 0.2) is 11.6 Å². The van der Waals surface area contributed by atoms with Gasteiger partial charge in [0.1, 0.15) is 11.5 Å². The van der Waals surface area contributed by atoms with Crippen LogP contribution in [0.3, 0.4) is 0 Å². The number of rotatable bonds is 4. The van der Waals surface area contributed by atoms with Gasteiger partial charge in [-0.3, -0.25) is 14.4 Å². The number of pyridine rings is 1. The van der Waals surface area contributed by atoms with E-state index < -0.39 is 11.6 Å². The van der Waals surface area contributed by atoms with Gasteiger partial charge in [-0.05, 0) is 56.1 Å². The number of carbonyl (C=O) groups is 1. The normalized spacial score (nSPS) is 16.1. The van der Waals surface area contributed by atoms with Crippen LogP contribution in [0.25, 0.3) is 22.0 Å². The Kier molecular flexibility index (Phi) is 5.79. The maximum Gasteiger partial charge on any atom is 0.259 e. The van der Waals surface area contributed by atoms with Crippen LogP contribution in [-0.4, -0.2) is 45.0 Å². The van der Waals surface area contributed by atoms with Gasteiger partial charge >= 0.3 is 0 Å². The van der Waals surface area contributed by atoms with Crippen LogP contribution in [0.4, 0.5) is 14.6 Å². The molecule has 1 amide bonds. The third-order valence-corrected chi connectivity index (χ3v) is 6.23. The summed E-state index contributed by atoms with van der Waals surface area (Å²) in [5, 5.41) is 11.9. The molecule has 4 aromatic rings. The fraction of sp³-hybridized carbons (Fsp3) is 0.280. The van der Waals surface area contributed by atoms with Crippen molar-refractivity contribution in [1.29, 1.82) is 0 Å². The van der Waals surface area contributed by atoms with E-state index in [0.29, 0.717) is 34.6 Å². The van der Waals surface area contributed by atoms with Crippen LogP contribution < -0.4 is 10.2 Å². The molecule has 0 radical (unpaired) electrons. The molecule has 1 aliphatic rings. The van der Waals surface area contributed by atoms with Crippen molar-refractivity contribution >= 4 is 22.5 Å². The molecule has 1 atom stereocenters. The van der Waals surface area contributed by atoms with E-state index >= 15 is 0 Å². The SMILES string of the molecule is Cc1cc(F)c(F)c2ccnc(N(C(=O)c3ccc(-c4cn(C)nn4)cc3)[C@@H]3CCCNC3)c12. The molecule has 3 heterocycles. The summed E-state index contributed by atoms with van der Waals surface area (Å²) in [6.07, 6.45) is 4.89. The number of piperidine rings is 1. The molecule has 0 unspecified atom stereocenters. The molecule has 9 heteroatoms. The Hall–Kier alpha value is -3.72. The molecule has 7 nitrogen and oxygen atoms in total. The van der Waals surface area contributed by atoms with Crippen molar-refractivity contribution in [2.75, 3.05) is 18.0 Å². The highest BCUT2D eigenvalue weighted by Gasteiger charge is 2.31. The van der Waals surface area contributed by atoms with Gasteiger partial charge in [-0.2, -0.15) is 0 Å². The third kappa shape index (κ3) is 3.92. The highest BCUT2D eigenvalue weighted by atomic mass is 19.2. The summed E-state index contributed by atoms with van der Waals surface area (Å²) in [4.78, 5) is 20.0. The van der Waals surface area contributed by atoms with E-state index in [1.807, 2.05) is 12.1 Å². The predicted molar refractivity (Wildman–Crippen MR) is 126 cm³/mol. The first-order valence-electron chi connectivity index (χ1n) is 11.2. The quantitative estimate of drug-likeness (QED) is 0.496. The Balaban J connectivity index is 1.60. The van der Waals surface area contributed by atoms with E-state index in [1.54, 1.807) is 41.9 Å². The van der Waals surface area contributed by atoms with Crippen LogP contribution in [0.15, 0.2) is 48.8 Å². The number of hydrogen-bond donors (Lipinski definition) is 1. The van der Waals surface area contributed by atoms with Crippen molar-refractivity contribution in [3.8, 4) is 11.3 Å². The van der Waals surface area contributed by atoms with Crippen LogP contribution in [0.1, 0.15) is 28.8 Å². The number of nitrogens with zero attached hydrogens (tertiary/aromatic N) is 5. The Bertz CT molecular complexity index is 1360. The summed E-state index contributed by atoms with van der Waals surface area (Å²) >= 11 is 0. The molecule has 0 spiro atoms. The van der Waals surface area contributed by atoms with Crippen molar-refractivity contribution in [2.45, 2.75) is 25.8 Å². The van der Waals surface area contributed by atoms with Gasteiger partial charge in [0, 0.05) is 41.7 Å². The molecular weight excluding hydrogens is 438 g/mol. The van der Waals surface area contributed by atoms with Gasteiger partial charge in [-0.1, -0.05) is 17.3 Å². The number of aromatic nitrogens is 4. The van der Waals surface area contributed by atoms with Gasteiger partial charge in [0.05, 0.1) is 12.2 Å². The highest BCUT2D eigenvalue weighted by molar-refractivity contribution is 6.11. The average Bonchev–Trinajstić information content (AvgIpc) is 3.29. The fourth-order valence-corrected chi connectivity index (χ4v) is 4.55. The lowest BCUT2D eigenvalue weighted by Gasteiger charge is -2.35. The maximum atomic E-state index is 14.7. The molecule has 174 valence electrons. The first-order valence-corrected chi connectivity index (χ1v) is 11.2. The van der Waals surface area contributed by atoms with Gasteiger partial charge < -0.3 is 5.32 Å². The lowest BCUT2D eigenvalue weighted by atomic mass is 10.0. The number of nitrogens with one attached hydrogen (secondary N) is 1. The van der Waals surface area contributed by atoms with Crippen molar-refractivity contribution in [3.05, 3.63) is 71.6 Å². The average molecular weight is 463 g/mol. The summed E-state index contributed by atoms with van der Waals surface area (Å²) in [6.45, 7) is 3.16. The largest absolute Gasteiger partial charge is 0.315 e. The Morgan fingerprint density at radius 3 is 2.68 bits per heavy atom. The second-order valence-electron chi connectivity index (χ2n) is 8.58. The van der Waals surface area contributed by atoms with E-state index in [-0.39, 0.29) is 17.3 Å². The fourth-order valence-electron chi connectivity index (χ4n) is 4.55. The van der Waals surface area contributed by atoms with Crippen LogP contribution >= 0.6 is 0 Å². The number of halogens is 2. The lowest BCUT2D eigenvalue weighted by Crippen LogP contribution is -2.49. The summed E-state index contributed by atoms with van der Waals surface area (Å²) in [7, 11) is 1.79. The molecule has 0 saturated carbocycles. The second-order valence-corrected chi connectivity index (χ2v) is 8.58. The molecule has 1 fully saturated rings. The number of anilines is 1. The minimum atomic E-state index is -0.938. The highest BCUT2D eigenvalue weighted by Crippen LogP contribution is 2.34. The molecule has 34 heavy (non-hydrogen) atoms. The zero-order chi connectivity index (χ0) is 23.8. The first kappa shape index (κ1) is 22.1. The predicted octanol–water partition coefficient (Wildman–Crippen LogP) is 4.02. The number of amides is 1. The number of hydrogen-bond acceptors (Lipinski definition) is 5. The Morgan fingerprint density at radius 1 is 1.21 bits per heavy atom. The van der Waals surface area contributed by atoms with E-state index in [4.69, 9.17) is 0 Å². The molecular formula is C25H24F2N6O. The third-order valence-electron chi connectivity index (χ3n) is 6.23. The molecule has 2 aromatic heterocycles. The van der Waals surface area contributed by atoms with Crippen molar-refractivity contribution < 1.29 is 13.6 Å². The Morgan fingerprint density at radius 2 is 2.00 bits per heavy atom. The van der Waals surface area contributed by atoms with E-state index in [1.165, 1.54) is 12.3 Å². The van der Waals surface area contributed by atoms with Crippen LogP contribution in [0, 0.1) is 18.6 Å². The Labute approximate surface area is 195 Å². The van der Waals surface area contributed by atoms with Gasteiger partial charge in [0.25, 0.3) is 5.91 Å². The van der Waals surface area contributed by atoms with E-state index in [2.05, 4.69) is 20.6 Å². The van der Waals surface area contributed by atoms with E-state index in [9.17, 15) is 13.6 Å². The molecule has 0 bridgehead atoms. The van der Waals surface area contributed by atoms with E-state index in [0.717, 1.165) is 31.0 Å². The molecule has 1 N–H and O–H groups in total. The number of aryl methyl sites for hydroxylation is 2. The molecule has 1 aliphatic heterocycles. The van der Waals surface area contributed by atoms with Crippen LogP contribution in [0.5, 0.6) is 0 Å². The zero-order valence-electron chi connectivity index (χ0n) is 18.9.